The van der Waals surface area contributed by atoms with E-state index in [-0.39, 0.29) is 5.91 Å². The summed E-state index contributed by atoms with van der Waals surface area (Å²) < 4.78 is 0. The highest BCUT2D eigenvalue weighted by atomic mass is 16.2. The van der Waals surface area contributed by atoms with Crippen LogP contribution in [0.15, 0.2) is 30.3 Å². The van der Waals surface area contributed by atoms with E-state index >= 15 is 0 Å². The van der Waals surface area contributed by atoms with Crippen LogP contribution in [0.25, 0.3) is 0 Å². The molecule has 0 aliphatic rings. The second kappa shape index (κ2) is 7.13. The van der Waals surface area contributed by atoms with Crippen LogP contribution >= 0.6 is 0 Å². The molecule has 100 valence electrons. The van der Waals surface area contributed by atoms with E-state index in [1.165, 1.54) is 0 Å². The van der Waals surface area contributed by atoms with Crippen LogP contribution in [0.2, 0.25) is 0 Å². The van der Waals surface area contributed by atoms with Gasteiger partial charge < -0.3 is 16.0 Å². The van der Waals surface area contributed by atoms with Crippen LogP contribution in [-0.4, -0.2) is 43.5 Å². The summed E-state index contributed by atoms with van der Waals surface area (Å²) in [6.45, 7) is 2.68. The molecule has 1 unspecified atom stereocenters. The van der Waals surface area contributed by atoms with Crippen LogP contribution in [-0.2, 0) is 11.2 Å². The van der Waals surface area contributed by atoms with Gasteiger partial charge >= 0.3 is 0 Å². The molecular weight excluding hydrogens is 226 g/mol. The van der Waals surface area contributed by atoms with Crippen molar-refractivity contribution >= 4 is 5.91 Å². The molecule has 1 rings (SSSR count). The van der Waals surface area contributed by atoms with Crippen LogP contribution in [0, 0.1) is 0 Å². The number of hydrogen-bond donors (Lipinski definition) is 2. The Bertz CT molecular complexity index is 365. The number of nitrogens with zero attached hydrogens (tertiary/aromatic N) is 1. The molecular formula is C14H23N3O. The number of nitrogens with one attached hydrogen (secondary N) is 1. The molecule has 0 radical (unpaired) electrons. The number of amides is 1. The molecule has 3 N–H and O–H groups in total. The van der Waals surface area contributed by atoms with E-state index in [0.29, 0.717) is 19.0 Å². The molecule has 2 atom stereocenters. The monoisotopic (exact) mass is 249 g/mol. The van der Waals surface area contributed by atoms with Crippen molar-refractivity contribution in [2.45, 2.75) is 25.4 Å². The summed E-state index contributed by atoms with van der Waals surface area (Å²) in [5.74, 6) is -0.0902. The Kier molecular flexibility index (Phi) is 5.82. The van der Waals surface area contributed by atoms with Crippen molar-refractivity contribution in [1.82, 2.24) is 10.2 Å². The molecule has 4 heteroatoms. The highest BCUT2D eigenvalue weighted by molar-refractivity contribution is 5.81. The zero-order valence-electron chi connectivity index (χ0n) is 11.4. The maximum atomic E-state index is 11.8. The number of nitrogens with two attached hydrogens (primary N) is 1. The van der Waals surface area contributed by atoms with Gasteiger partial charge in [-0.25, -0.2) is 0 Å². The van der Waals surface area contributed by atoms with Gasteiger partial charge in [-0.1, -0.05) is 30.3 Å². The lowest BCUT2D eigenvalue weighted by atomic mass is 10.1. The molecule has 4 nitrogen and oxygen atoms in total. The summed E-state index contributed by atoms with van der Waals surface area (Å²) in [6.07, 6.45) is 0.572. The molecule has 1 aromatic carbocycles. The van der Waals surface area contributed by atoms with Gasteiger partial charge in [0, 0.05) is 12.6 Å². The lowest BCUT2D eigenvalue weighted by Crippen LogP contribution is -2.46. The molecule has 0 aliphatic carbocycles. The van der Waals surface area contributed by atoms with Crippen LogP contribution in [0.4, 0.5) is 0 Å². The summed E-state index contributed by atoms with van der Waals surface area (Å²) in [6, 6.07) is 9.64. The predicted molar refractivity (Wildman–Crippen MR) is 74.3 cm³/mol. The van der Waals surface area contributed by atoms with Gasteiger partial charge in [0.25, 0.3) is 0 Å². The maximum absolute atomic E-state index is 11.8. The largest absolute Gasteiger partial charge is 0.353 e. The van der Waals surface area contributed by atoms with Crippen LogP contribution in [0.5, 0.6) is 0 Å². The highest BCUT2D eigenvalue weighted by Crippen LogP contribution is 2.01. The van der Waals surface area contributed by atoms with Gasteiger partial charge in [-0.3, -0.25) is 4.79 Å². The fourth-order valence-electron chi connectivity index (χ4n) is 1.52. The van der Waals surface area contributed by atoms with Gasteiger partial charge in [0.05, 0.1) is 6.04 Å². The van der Waals surface area contributed by atoms with Gasteiger partial charge in [0.1, 0.15) is 0 Å². The number of benzene rings is 1. The zero-order valence-corrected chi connectivity index (χ0v) is 11.4. The fourth-order valence-corrected chi connectivity index (χ4v) is 1.52. The summed E-state index contributed by atoms with van der Waals surface area (Å²) in [5.41, 5.74) is 6.97. The van der Waals surface area contributed by atoms with Crippen molar-refractivity contribution in [1.29, 1.82) is 0 Å². The number of rotatable bonds is 6. The van der Waals surface area contributed by atoms with E-state index in [1.54, 1.807) is 0 Å². The summed E-state index contributed by atoms with van der Waals surface area (Å²) in [7, 11) is 3.97. The van der Waals surface area contributed by atoms with Crippen molar-refractivity contribution in [2.75, 3.05) is 20.6 Å². The van der Waals surface area contributed by atoms with E-state index in [9.17, 15) is 4.79 Å². The van der Waals surface area contributed by atoms with Crippen LogP contribution < -0.4 is 11.1 Å². The average Bonchev–Trinajstić information content (AvgIpc) is 2.36. The van der Waals surface area contributed by atoms with Gasteiger partial charge in [-0.15, -0.1) is 0 Å². The fraction of sp³-hybridized carbons (Fsp3) is 0.500. The first-order chi connectivity index (χ1) is 8.50. The minimum absolute atomic E-state index is 0.0902. The molecule has 0 fully saturated rings. The van der Waals surface area contributed by atoms with Crippen molar-refractivity contribution in [2.24, 2.45) is 5.73 Å². The molecule has 1 aromatic rings. The smallest absolute Gasteiger partial charge is 0.237 e. The van der Waals surface area contributed by atoms with E-state index in [4.69, 9.17) is 5.73 Å². The number of hydrogen-bond acceptors (Lipinski definition) is 3. The Labute approximate surface area is 109 Å². The summed E-state index contributed by atoms with van der Waals surface area (Å²) in [5, 5.41) is 2.88. The van der Waals surface area contributed by atoms with E-state index < -0.39 is 6.04 Å². The van der Waals surface area contributed by atoms with Crippen molar-refractivity contribution in [3.63, 3.8) is 0 Å². The van der Waals surface area contributed by atoms with E-state index in [1.807, 2.05) is 44.4 Å². The standard InChI is InChI=1S/C14H23N3O/c1-11(17(2)3)10-16-14(18)13(15)9-12-7-5-4-6-8-12/h4-8,11,13H,9-10,15H2,1-3H3,(H,16,18)/t11?,13-/m0/s1. The molecule has 0 spiro atoms. The molecule has 0 saturated heterocycles. The minimum Gasteiger partial charge on any atom is -0.353 e. The summed E-state index contributed by atoms with van der Waals surface area (Å²) >= 11 is 0. The molecule has 1 amide bonds. The SMILES string of the molecule is CC(CNC(=O)[C@@H](N)Cc1ccccc1)N(C)C. The maximum Gasteiger partial charge on any atom is 0.237 e. The Balaban J connectivity index is 2.38. The highest BCUT2D eigenvalue weighted by Gasteiger charge is 2.15. The Morgan fingerprint density at radius 3 is 2.50 bits per heavy atom. The lowest BCUT2D eigenvalue weighted by Gasteiger charge is -2.21. The zero-order chi connectivity index (χ0) is 13.5. The molecule has 0 heterocycles. The van der Waals surface area contributed by atoms with Gasteiger partial charge in [-0.05, 0) is 33.0 Å². The second-order valence-corrected chi connectivity index (χ2v) is 4.85. The van der Waals surface area contributed by atoms with Gasteiger partial charge in [0.2, 0.25) is 5.91 Å². The number of likely N-dealkylation sites (N-methyl/N-ethyl adjacent to an activating group) is 1. The first-order valence-electron chi connectivity index (χ1n) is 6.24. The van der Waals surface area contributed by atoms with Gasteiger partial charge in [-0.2, -0.15) is 0 Å². The van der Waals surface area contributed by atoms with E-state index in [2.05, 4.69) is 17.1 Å². The molecule has 0 aliphatic heterocycles. The average molecular weight is 249 g/mol. The Morgan fingerprint density at radius 2 is 1.94 bits per heavy atom. The van der Waals surface area contributed by atoms with Gasteiger partial charge in [0.15, 0.2) is 0 Å². The first kappa shape index (κ1) is 14.7. The van der Waals surface area contributed by atoms with Crippen molar-refractivity contribution < 1.29 is 4.79 Å². The molecule has 0 saturated carbocycles. The lowest BCUT2D eigenvalue weighted by molar-refractivity contribution is -0.122. The third-order valence-electron chi connectivity index (χ3n) is 3.09. The third kappa shape index (κ3) is 4.85. The predicted octanol–water partition coefficient (Wildman–Crippen LogP) is 0.623. The first-order valence-corrected chi connectivity index (χ1v) is 6.24. The topological polar surface area (TPSA) is 58.4 Å². The van der Waals surface area contributed by atoms with Crippen molar-refractivity contribution in [3.05, 3.63) is 35.9 Å². The second-order valence-electron chi connectivity index (χ2n) is 4.85. The Hall–Kier alpha value is -1.39. The summed E-state index contributed by atoms with van der Waals surface area (Å²) in [4.78, 5) is 13.9. The molecule has 0 bridgehead atoms. The van der Waals surface area contributed by atoms with Crippen molar-refractivity contribution in [3.8, 4) is 0 Å². The number of carbonyl (C=O) groups is 1. The quantitative estimate of drug-likeness (QED) is 0.777. The van der Waals surface area contributed by atoms with Crippen LogP contribution in [0.3, 0.4) is 0 Å². The Morgan fingerprint density at radius 1 is 1.33 bits per heavy atom. The van der Waals surface area contributed by atoms with Crippen LogP contribution in [0.1, 0.15) is 12.5 Å². The molecule has 18 heavy (non-hydrogen) atoms. The molecule has 0 aromatic heterocycles. The normalized spacial score (nSPS) is 14.3. The number of carbonyl (C=O) groups excluding carboxylic acids is 1. The minimum atomic E-state index is -0.484. The third-order valence-corrected chi connectivity index (χ3v) is 3.09. The van der Waals surface area contributed by atoms with E-state index in [0.717, 1.165) is 5.56 Å².